The van der Waals surface area contributed by atoms with Gasteiger partial charge in [0.2, 0.25) is 5.88 Å². The summed E-state index contributed by atoms with van der Waals surface area (Å²) in [4.78, 5) is 25.3. The van der Waals surface area contributed by atoms with Crippen molar-refractivity contribution in [3.8, 4) is 17.0 Å². The van der Waals surface area contributed by atoms with Gasteiger partial charge in [-0.1, -0.05) is 35.9 Å². The van der Waals surface area contributed by atoms with Crippen molar-refractivity contribution >= 4 is 22.5 Å². The lowest BCUT2D eigenvalue weighted by atomic mass is 9.92. The Morgan fingerprint density at radius 3 is 2.53 bits per heavy atom. The lowest BCUT2D eigenvalue weighted by Crippen LogP contribution is -2.32. The van der Waals surface area contributed by atoms with E-state index in [4.69, 9.17) is 11.6 Å². The number of nitrogens with one attached hydrogen (secondary N) is 1. The van der Waals surface area contributed by atoms with Crippen LogP contribution in [-0.4, -0.2) is 29.2 Å². The molecule has 0 saturated heterocycles. The average Bonchev–Trinajstić information content (AvgIpc) is 3.32. The number of benzene rings is 2. The summed E-state index contributed by atoms with van der Waals surface area (Å²) in [7, 11) is 0. The highest BCUT2D eigenvalue weighted by Crippen LogP contribution is 2.42. The smallest absolute Gasteiger partial charge is 0.332 e. The maximum Gasteiger partial charge on any atom is 0.332 e. The van der Waals surface area contributed by atoms with E-state index in [1.54, 1.807) is 17.0 Å². The van der Waals surface area contributed by atoms with Crippen molar-refractivity contribution in [2.75, 3.05) is 0 Å². The van der Waals surface area contributed by atoms with Crippen LogP contribution in [-0.2, 0) is 6.42 Å². The molecule has 1 aliphatic rings. The monoisotopic (exact) mass is 471 g/mol. The highest BCUT2D eigenvalue weighted by Gasteiger charge is 2.35. The Kier molecular flexibility index (Phi) is 4.64. The molecular formula is C26H22ClN5O2. The highest BCUT2D eigenvalue weighted by atomic mass is 35.5. The first-order valence-electron chi connectivity index (χ1n) is 11.1. The van der Waals surface area contributed by atoms with Crippen molar-refractivity contribution in [1.29, 1.82) is 0 Å². The number of aromatic nitrogens is 5. The third-order valence-electron chi connectivity index (χ3n) is 6.60. The van der Waals surface area contributed by atoms with Gasteiger partial charge in [0.25, 0.3) is 0 Å². The van der Waals surface area contributed by atoms with Gasteiger partial charge in [0.15, 0.2) is 0 Å². The first-order valence-corrected chi connectivity index (χ1v) is 11.5. The van der Waals surface area contributed by atoms with E-state index in [1.165, 1.54) is 10.9 Å². The summed E-state index contributed by atoms with van der Waals surface area (Å²) in [5.74, 6) is 0.0186. The molecule has 7 nitrogen and oxygen atoms in total. The standard InChI is InChI=1S/C26H22ClN5O2/c1-14(2)31-25(33)22-10-20-19-9-18(27)7-8-21(19)30-23(20)24(32(22)26(31)34)16-5-3-15(4-6-16)17-11-28-13-29-12-17/h3-9,11-14,24,30,33H,10H2,1-2H3. The fraction of sp³-hybridized carbons (Fsp3) is 0.192. The Morgan fingerprint density at radius 1 is 1.09 bits per heavy atom. The number of hydrogen-bond donors (Lipinski definition) is 2. The second-order valence-corrected chi connectivity index (χ2v) is 9.36. The molecule has 0 saturated carbocycles. The number of hydrogen-bond acceptors (Lipinski definition) is 4. The van der Waals surface area contributed by atoms with Gasteiger partial charge in [-0.25, -0.2) is 14.8 Å². The number of rotatable bonds is 3. The van der Waals surface area contributed by atoms with E-state index in [0.717, 1.165) is 38.9 Å². The predicted molar refractivity (Wildman–Crippen MR) is 132 cm³/mol. The molecule has 1 aliphatic heterocycles. The van der Waals surface area contributed by atoms with Gasteiger partial charge in [-0.3, -0.25) is 9.13 Å². The Labute approximate surface area is 200 Å². The SMILES string of the molecule is CC(C)n1c(O)c2n(c1=O)C(c1ccc(-c3cncnc3)cc1)c1[nH]c3ccc(Cl)cc3c1C2. The van der Waals surface area contributed by atoms with E-state index < -0.39 is 6.04 Å². The maximum atomic E-state index is 13.5. The number of aromatic hydroxyl groups is 1. The summed E-state index contributed by atoms with van der Waals surface area (Å²) in [5.41, 5.74) is 6.14. The zero-order chi connectivity index (χ0) is 23.6. The summed E-state index contributed by atoms with van der Waals surface area (Å²) in [5, 5.41) is 12.7. The van der Waals surface area contributed by atoms with E-state index in [2.05, 4.69) is 15.0 Å². The van der Waals surface area contributed by atoms with Gasteiger partial charge >= 0.3 is 5.69 Å². The molecule has 0 amide bonds. The van der Waals surface area contributed by atoms with E-state index in [1.807, 2.05) is 56.3 Å². The summed E-state index contributed by atoms with van der Waals surface area (Å²) in [6.45, 7) is 3.79. The molecule has 0 spiro atoms. The second-order valence-electron chi connectivity index (χ2n) is 8.92. The van der Waals surface area contributed by atoms with Crippen LogP contribution in [0.3, 0.4) is 0 Å². The van der Waals surface area contributed by atoms with E-state index in [-0.39, 0.29) is 17.6 Å². The molecule has 8 heteroatoms. The number of H-pyrrole nitrogens is 1. The van der Waals surface area contributed by atoms with Crippen molar-refractivity contribution in [2.24, 2.45) is 0 Å². The largest absolute Gasteiger partial charge is 0.493 e. The fourth-order valence-electron chi connectivity index (χ4n) is 5.05. The molecule has 3 aromatic heterocycles. The Hall–Kier alpha value is -3.84. The molecule has 0 fully saturated rings. The molecule has 34 heavy (non-hydrogen) atoms. The van der Waals surface area contributed by atoms with E-state index in [0.29, 0.717) is 17.1 Å². The normalized spacial score (nSPS) is 15.0. The molecule has 6 rings (SSSR count). The molecular weight excluding hydrogens is 450 g/mol. The van der Waals surface area contributed by atoms with Gasteiger partial charge in [-0.05, 0) is 48.7 Å². The van der Waals surface area contributed by atoms with Gasteiger partial charge in [-0.2, -0.15) is 0 Å². The molecule has 2 N–H and O–H groups in total. The van der Waals surface area contributed by atoms with Crippen molar-refractivity contribution < 1.29 is 5.11 Å². The van der Waals surface area contributed by atoms with Crippen LogP contribution in [0.1, 0.15) is 48.4 Å². The van der Waals surface area contributed by atoms with Crippen LogP contribution >= 0.6 is 11.6 Å². The van der Waals surface area contributed by atoms with E-state index in [9.17, 15) is 9.90 Å². The lowest BCUT2D eigenvalue weighted by molar-refractivity contribution is 0.391. The summed E-state index contributed by atoms with van der Waals surface area (Å²) in [6, 6.07) is 13.2. The molecule has 2 aromatic carbocycles. The Balaban J connectivity index is 1.59. The van der Waals surface area contributed by atoms with Gasteiger partial charge in [0, 0.05) is 52.0 Å². The first-order chi connectivity index (χ1) is 16.4. The fourth-order valence-corrected chi connectivity index (χ4v) is 5.22. The van der Waals surface area contributed by atoms with Crippen molar-refractivity contribution in [3.63, 3.8) is 0 Å². The quantitative estimate of drug-likeness (QED) is 0.377. The number of nitrogens with zero attached hydrogens (tertiary/aromatic N) is 4. The molecule has 5 aromatic rings. The predicted octanol–water partition coefficient (Wildman–Crippen LogP) is 5.07. The summed E-state index contributed by atoms with van der Waals surface area (Å²) in [6.07, 6.45) is 5.48. The van der Waals surface area contributed by atoms with Gasteiger partial charge in [0.1, 0.15) is 12.4 Å². The van der Waals surface area contributed by atoms with Crippen LogP contribution in [0.2, 0.25) is 5.02 Å². The van der Waals surface area contributed by atoms with Gasteiger partial charge in [-0.15, -0.1) is 0 Å². The van der Waals surface area contributed by atoms with Crippen LogP contribution in [0.25, 0.3) is 22.0 Å². The van der Waals surface area contributed by atoms with Crippen LogP contribution in [0.4, 0.5) is 0 Å². The molecule has 0 aliphatic carbocycles. The van der Waals surface area contributed by atoms with E-state index >= 15 is 0 Å². The lowest BCUT2D eigenvalue weighted by Gasteiger charge is -2.26. The Morgan fingerprint density at radius 2 is 1.82 bits per heavy atom. The molecule has 4 heterocycles. The first kappa shape index (κ1) is 20.7. The van der Waals surface area contributed by atoms with Crippen LogP contribution in [0.5, 0.6) is 5.88 Å². The Bertz CT molecular complexity index is 1600. The maximum absolute atomic E-state index is 13.5. The third-order valence-corrected chi connectivity index (χ3v) is 6.84. The second kappa shape index (κ2) is 7.60. The van der Waals surface area contributed by atoms with Crippen LogP contribution < -0.4 is 5.69 Å². The molecule has 0 radical (unpaired) electrons. The molecule has 1 unspecified atom stereocenters. The molecule has 1 atom stereocenters. The summed E-state index contributed by atoms with van der Waals surface area (Å²) >= 11 is 6.32. The average molecular weight is 472 g/mol. The third kappa shape index (κ3) is 3.00. The minimum Gasteiger partial charge on any atom is -0.493 e. The summed E-state index contributed by atoms with van der Waals surface area (Å²) < 4.78 is 3.17. The van der Waals surface area contributed by atoms with Crippen molar-refractivity contribution in [2.45, 2.75) is 32.4 Å². The minimum atomic E-state index is -0.413. The van der Waals surface area contributed by atoms with Gasteiger partial charge < -0.3 is 10.1 Å². The van der Waals surface area contributed by atoms with Gasteiger partial charge in [0.05, 0.1) is 5.69 Å². The zero-order valence-electron chi connectivity index (χ0n) is 18.7. The zero-order valence-corrected chi connectivity index (χ0v) is 19.4. The van der Waals surface area contributed by atoms with Crippen LogP contribution in [0, 0.1) is 0 Å². The van der Waals surface area contributed by atoms with Crippen LogP contribution in [0.15, 0.2) is 66.0 Å². The van der Waals surface area contributed by atoms with Crippen molar-refractivity contribution in [3.05, 3.63) is 99.2 Å². The highest BCUT2D eigenvalue weighted by molar-refractivity contribution is 6.31. The number of halogens is 1. The number of aromatic amines is 1. The topological polar surface area (TPSA) is 88.7 Å². The molecule has 170 valence electrons. The molecule has 0 bridgehead atoms. The van der Waals surface area contributed by atoms with Crippen molar-refractivity contribution in [1.82, 2.24) is 24.1 Å². The number of fused-ring (bicyclic) bond motifs is 4. The minimum absolute atomic E-state index is 0.0186. The number of imidazole rings is 1.